The van der Waals surface area contributed by atoms with Crippen molar-refractivity contribution < 1.29 is 9.90 Å². The molecule has 2 atom stereocenters. The van der Waals surface area contributed by atoms with E-state index in [0.717, 1.165) is 18.5 Å². The monoisotopic (exact) mass is 205 g/mol. The topological polar surface area (TPSA) is 50.2 Å². The minimum atomic E-state index is -0.694. The minimum absolute atomic E-state index is 0.115. The van der Waals surface area contributed by atoms with Crippen molar-refractivity contribution in [3.63, 3.8) is 0 Å². The third kappa shape index (κ3) is 1.74. The summed E-state index contributed by atoms with van der Waals surface area (Å²) in [6.45, 7) is 1.93. The molecule has 0 saturated carbocycles. The molecule has 0 bridgehead atoms. The maximum Gasteiger partial charge on any atom is 0.307 e. The van der Waals surface area contributed by atoms with Gasteiger partial charge in [0.05, 0.1) is 5.92 Å². The fourth-order valence-corrected chi connectivity index (χ4v) is 2.47. The van der Waals surface area contributed by atoms with Gasteiger partial charge < -0.3 is 5.11 Å². The normalized spacial score (nSPS) is 21.0. The largest absolute Gasteiger partial charge is 0.481 e. The number of aliphatic carboxylic acids is 1. The van der Waals surface area contributed by atoms with E-state index in [9.17, 15) is 4.79 Å². The van der Waals surface area contributed by atoms with Crippen LogP contribution in [0.25, 0.3) is 0 Å². The van der Waals surface area contributed by atoms with Gasteiger partial charge in [-0.25, -0.2) is 0 Å². The molecular weight excluding hydrogens is 190 g/mol. The van der Waals surface area contributed by atoms with Gasteiger partial charge in [0, 0.05) is 17.8 Å². The summed E-state index contributed by atoms with van der Waals surface area (Å²) in [6, 6.07) is 3.97. The Morgan fingerprint density at radius 2 is 2.53 bits per heavy atom. The van der Waals surface area contributed by atoms with E-state index in [1.165, 1.54) is 5.56 Å². The van der Waals surface area contributed by atoms with Crippen molar-refractivity contribution in [2.45, 2.75) is 32.1 Å². The molecule has 15 heavy (non-hydrogen) atoms. The summed E-state index contributed by atoms with van der Waals surface area (Å²) >= 11 is 0. The Balaban J connectivity index is 2.30. The fraction of sp³-hybridized carbons (Fsp3) is 0.500. The molecule has 2 rings (SSSR count). The quantitative estimate of drug-likeness (QED) is 0.823. The summed E-state index contributed by atoms with van der Waals surface area (Å²) in [5, 5.41) is 9.13. The minimum Gasteiger partial charge on any atom is -0.481 e. The Morgan fingerprint density at radius 1 is 1.73 bits per heavy atom. The van der Waals surface area contributed by atoms with Gasteiger partial charge in [0.15, 0.2) is 0 Å². The number of carboxylic acid groups (broad SMARTS) is 1. The number of fused-ring (bicyclic) bond motifs is 1. The molecule has 0 amide bonds. The van der Waals surface area contributed by atoms with Crippen molar-refractivity contribution in [2.75, 3.05) is 0 Å². The first-order chi connectivity index (χ1) is 7.24. The van der Waals surface area contributed by atoms with Crippen molar-refractivity contribution in [3.8, 4) is 0 Å². The van der Waals surface area contributed by atoms with E-state index in [-0.39, 0.29) is 11.8 Å². The van der Waals surface area contributed by atoms with Crippen LogP contribution in [0.15, 0.2) is 18.3 Å². The average molecular weight is 205 g/mol. The smallest absolute Gasteiger partial charge is 0.307 e. The van der Waals surface area contributed by atoms with Crippen molar-refractivity contribution in [3.05, 3.63) is 29.6 Å². The molecule has 3 nitrogen and oxygen atoms in total. The number of rotatable bonds is 3. The Labute approximate surface area is 89.2 Å². The van der Waals surface area contributed by atoms with Gasteiger partial charge in [-0.15, -0.1) is 0 Å². The van der Waals surface area contributed by atoms with Crippen molar-refractivity contribution >= 4 is 5.97 Å². The molecule has 1 N–H and O–H groups in total. The number of hydrogen-bond donors (Lipinski definition) is 1. The lowest BCUT2D eigenvalue weighted by atomic mass is 9.88. The lowest BCUT2D eigenvalue weighted by Crippen LogP contribution is -2.20. The van der Waals surface area contributed by atoms with Crippen LogP contribution in [-0.2, 0) is 11.2 Å². The summed E-state index contributed by atoms with van der Waals surface area (Å²) in [5.41, 5.74) is 2.23. The molecule has 0 spiro atoms. The van der Waals surface area contributed by atoms with Crippen molar-refractivity contribution in [1.29, 1.82) is 0 Å². The molecule has 0 aromatic carbocycles. The zero-order chi connectivity index (χ0) is 10.8. The van der Waals surface area contributed by atoms with E-state index in [1.54, 1.807) is 6.20 Å². The first kappa shape index (κ1) is 10.1. The highest BCUT2D eigenvalue weighted by molar-refractivity contribution is 5.71. The number of carbonyl (C=O) groups is 1. The first-order valence-corrected chi connectivity index (χ1v) is 5.40. The van der Waals surface area contributed by atoms with Crippen LogP contribution in [0, 0.1) is 5.92 Å². The number of aromatic nitrogens is 1. The van der Waals surface area contributed by atoms with Crippen LogP contribution in [0.5, 0.6) is 0 Å². The molecule has 1 aromatic rings. The molecular formula is C12H15NO2. The molecule has 3 heteroatoms. The zero-order valence-electron chi connectivity index (χ0n) is 8.81. The zero-order valence-corrected chi connectivity index (χ0v) is 8.81. The number of pyridine rings is 1. The van der Waals surface area contributed by atoms with Gasteiger partial charge in [0.1, 0.15) is 0 Å². The van der Waals surface area contributed by atoms with Crippen LogP contribution in [-0.4, -0.2) is 16.1 Å². The molecule has 1 aliphatic carbocycles. The summed E-state index contributed by atoms with van der Waals surface area (Å²) in [6.07, 6.45) is 4.33. The fourth-order valence-electron chi connectivity index (χ4n) is 2.47. The Bertz CT molecular complexity index is 376. The lowest BCUT2D eigenvalue weighted by Gasteiger charge is -2.17. The van der Waals surface area contributed by atoms with Crippen molar-refractivity contribution in [2.24, 2.45) is 5.92 Å². The predicted molar refractivity (Wildman–Crippen MR) is 56.7 cm³/mol. The maximum absolute atomic E-state index is 11.1. The molecule has 1 heterocycles. The maximum atomic E-state index is 11.1. The summed E-state index contributed by atoms with van der Waals surface area (Å²) < 4.78 is 0. The summed E-state index contributed by atoms with van der Waals surface area (Å²) in [7, 11) is 0. The Morgan fingerprint density at radius 3 is 3.20 bits per heavy atom. The van der Waals surface area contributed by atoms with Gasteiger partial charge in [-0.05, 0) is 30.9 Å². The van der Waals surface area contributed by atoms with E-state index in [2.05, 4.69) is 11.1 Å². The second-order valence-corrected chi connectivity index (χ2v) is 4.05. The van der Waals surface area contributed by atoms with E-state index < -0.39 is 5.97 Å². The average Bonchev–Trinajstić information content (AvgIpc) is 2.63. The number of carboxylic acids is 1. The van der Waals surface area contributed by atoms with E-state index >= 15 is 0 Å². The number of nitrogens with zero attached hydrogens (tertiary/aromatic N) is 1. The molecule has 1 aliphatic rings. The van der Waals surface area contributed by atoms with Gasteiger partial charge in [-0.2, -0.15) is 0 Å². The molecule has 0 saturated heterocycles. The van der Waals surface area contributed by atoms with Gasteiger partial charge in [-0.3, -0.25) is 9.78 Å². The van der Waals surface area contributed by atoms with E-state index in [1.807, 2.05) is 13.0 Å². The van der Waals surface area contributed by atoms with Crippen LogP contribution in [0.3, 0.4) is 0 Å². The van der Waals surface area contributed by atoms with E-state index in [4.69, 9.17) is 5.11 Å². The highest BCUT2D eigenvalue weighted by Gasteiger charge is 2.33. The van der Waals surface area contributed by atoms with Crippen LogP contribution in [0.1, 0.15) is 36.9 Å². The molecule has 80 valence electrons. The van der Waals surface area contributed by atoms with E-state index in [0.29, 0.717) is 6.42 Å². The summed E-state index contributed by atoms with van der Waals surface area (Å²) in [4.78, 5) is 15.4. The Hall–Kier alpha value is -1.38. The summed E-state index contributed by atoms with van der Waals surface area (Å²) in [5.74, 6) is -0.856. The van der Waals surface area contributed by atoms with Crippen LogP contribution < -0.4 is 0 Å². The second-order valence-electron chi connectivity index (χ2n) is 4.05. The van der Waals surface area contributed by atoms with Crippen LogP contribution >= 0.6 is 0 Å². The lowest BCUT2D eigenvalue weighted by molar-refractivity contribution is -0.142. The molecule has 2 unspecified atom stereocenters. The molecule has 0 fully saturated rings. The molecule has 0 radical (unpaired) electrons. The van der Waals surface area contributed by atoms with Gasteiger partial charge >= 0.3 is 5.97 Å². The van der Waals surface area contributed by atoms with Gasteiger partial charge in [0.2, 0.25) is 0 Å². The Kier molecular flexibility index (Phi) is 2.71. The third-order valence-corrected chi connectivity index (χ3v) is 3.24. The number of aryl methyl sites for hydroxylation is 1. The van der Waals surface area contributed by atoms with Crippen LogP contribution in [0.2, 0.25) is 0 Å². The van der Waals surface area contributed by atoms with Crippen molar-refractivity contribution in [1.82, 2.24) is 4.98 Å². The second kappa shape index (κ2) is 4.01. The highest BCUT2D eigenvalue weighted by atomic mass is 16.4. The third-order valence-electron chi connectivity index (χ3n) is 3.24. The number of hydrogen-bond acceptors (Lipinski definition) is 2. The standard InChI is InChI=1S/C12H15NO2/c1-2-9(12(14)15)10-6-5-8-4-3-7-13-11(8)10/h3-4,7,9-10H,2,5-6H2,1H3,(H,14,15). The first-order valence-electron chi connectivity index (χ1n) is 5.40. The predicted octanol–water partition coefficient (Wildman–Crippen LogP) is 2.22. The van der Waals surface area contributed by atoms with Crippen LogP contribution in [0.4, 0.5) is 0 Å². The molecule has 0 aliphatic heterocycles. The highest BCUT2D eigenvalue weighted by Crippen LogP contribution is 2.38. The molecule has 1 aromatic heterocycles. The SMILES string of the molecule is CCC(C(=O)O)C1CCc2cccnc21. The van der Waals surface area contributed by atoms with Gasteiger partial charge in [-0.1, -0.05) is 13.0 Å². The van der Waals surface area contributed by atoms with Gasteiger partial charge in [0.25, 0.3) is 0 Å².